The van der Waals surface area contributed by atoms with E-state index in [0.717, 1.165) is 36.5 Å². The van der Waals surface area contributed by atoms with E-state index in [1.807, 2.05) is 30.3 Å². The lowest BCUT2D eigenvalue weighted by molar-refractivity contribution is 0.146. The van der Waals surface area contributed by atoms with Crippen molar-refractivity contribution in [3.63, 3.8) is 0 Å². The molecule has 0 amide bonds. The van der Waals surface area contributed by atoms with Gasteiger partial charge in [-0.2, -0.15) is 0 Å². The van der Waals surface area contributed by atoms with Crippen molar-refractivity contribution in [1.29, 1.82) is 0 Å². The average Bonchev–Trinajstić information content (AvgIpc) is 2.69. The smallest absolute Gasteiger partial charge is 0.221 e. The molecule has 5 heteroatoms. The Kier molecular flexibility index (Phi) is 5.17. The summed E-state index contributed by atoms with van der Waals surface area (Å²) in [7, 11) is 1.60. The Morgan fingerprint density at radius 2 is 1.78 bits per heavy atom. The topological polar surface area (TPSA) is 31.4 Å². The molecule has 0 atom stereocenters. The van der Waals surface area contributed by atoms with E-state index in [4.69, 9.17) is 21.1 Å². The molecule has 4 rings (SSSR count). The number of methoxy groups -OCH3 is 1. The number of fused-ring (bicyclic) bond motifs is 1. The maximum Gasteiger partial charge on any atom is 0.221 e. The normalized spacial score (nSPS) is 19.8. The molecule has 2 aromatic carbocycles. The summed E-state index contributed by atoms with van der Waals surface area (Å²) in [6.07, 6.45) is 5.82. The molecule has 0 unspecified atom stereocenters. The van der Waals surface area contributed by atoms with Crippen LogP contribution in [0.1, 0.15) is 37.2 Å². The quantitative estimate of drug-likeness (QED) is 0.540. The van der Waals surface area contributed by atoms with Crippen LogP contribution in [0.3, 0.4) is 0 Å². The van der Waals surface area contributed by atoms with Crippen molar-refractivity contribution in [3.05, 3.63) is 65.1 Å². The van der Waals surface area contributed by atoms with Crippen LogP contribution in [0.5, 0.6) is 11.6 Å². The van der Waals surface area contributed by atoms with Crippen LogP contribution in [0.15, 0.2) is 48.7 Å². The van der Waals surface area contributed by atoms with E-state index in [1.165, 1.54) is 17.7 Å². The van der Waals surface area contributed by atoms with Gasteiger partial charge in [-0.25, -0.2) is 9.37 Å². The van der Waals surface area contributed by atoms with Gasteiger partial charge in [0.1, 0.15) is 11.6 Å². The fourth-order valence-electron chi connectivity index (χ4n) is 3.83. The van der Waals surface area contributed by atoms with Crippen LogP contribution in [-0.4, -0.2) is 18.2 Å². The average molecular weight is 386 g/mol. The molecule has 0 spiro atoms. The Labute approximate surface area is 163 Å². The molecule has 0 bridgehead atoms. The largest absolute Gasteiger partial charge is 0.489 e. The second kappa shape index (κ2) is 7.73. The number of halogens is 2. The number of rotatable bonds is 4. The van der Waals surface area contributed by atoms with E-state index in [9.17, 15) is 4.39 Å². The summed E-state index contributed by atoms with van der Waals surface area (Å²) >= 11 is 6.45. The van der Waals surface area contributed by atoms with Gasteiger partial charge < -0.3 is 9.47 Å². The van der Waals surface area contributed by atoms with Gasteiger partial charge in [0, 0.05) is 11.6 Å². The molecule has 140 valence electrons. The lowest BCUT2D eigenvalue weighted by atomic mass is 9.83. The van der Waals surface area contributed by atoms with E-state index < -0.39 is 0 Å². The third-order valence-electron chi connectivity index (χ3n) is 5.28. The molecule has 27 heavy (non-hydrogen) atoms. The first-order valence-electron chi connectivity index (χ1n) is 9.18. The van der Waals surface area contributed by atoms with Gasteiger partial charge in [0.15, 0.2) is 0 Å². The van der Waals surface area contributed by atoms with E-state index in [2.05, 4.69) is 4.98 Å². The van der Waals surface area contributed by atoms with Gasteiger partial charge in [-0.05, 0) is 72.9 Å². The summed E-state index contributed by atoms with van der Waals surface area (Å²) in [4.78, 5) is 4.21. The third kappa shape index (κ3) is 3.86. The molecule has 3 aromatic rings. The third-order valence-corrected chi connectivity index (χ3v) is 5.58. The number of benzene rings is 2. The first-order chi connectivity index (χ1) is 13.1. The molecular weight excluding hydrogens is 365 g/mol. The molecule has 1 aliphatic rings. The minimum Gasteiger partial charge on any atom is -0.489 e. The molecule has 0 radical (unpaired) electrons. The Hall–Kier alpha value is -2.33. The van der Waals surface area contributed by atoms with Gasteiger partial charge in [0.2, 0.25) is 5.88 Å². The lowest BCUT2D eigenvalue weighted by Gasteiger charge is -2.29. The molecule has 1 heterocycles. The number of hydrogen-bond donors (Lipinski definition) is 0. The van der Waals surface area contributed by atoms with Crippen molar-refractivity contribution >= 4 is 22.4 Å². The van der Waals surface area contributed by atoms with E-state index >= 15 is 0 Å². The summed E-state index contributed by atoms with van der Waals surface area (Å²) < 4.78 is 24.6. The molecule has 1 saturated carbocycles. The molecule has 1 aromatic heterocycles. The van der Waals surface area contributed by atoms with Crippen molar-refractivity contribution in [2.24, 2.45) is 0 Å². The highest BCUT2D eigenvalue weighted by Gasteiger charge is 2.24. The fraction of sp³-hybridized carbons (Fsp3) is 0.318. The summed E-state index contributed by atoms with van der Waals surface area (Å²) in [6, 6.07) is 12.6. The van der Waals surface area contributed by atoms with Crippen LogP contribution in [-0.2, 0) is 0 Å². The highest BCUT2D eigenvalue weighted by Crippen LogP contribution is 2.38. The highest BCUT2D eigenvalue weighted by molar-refractivity contribution is 6.33. The zero-order valence-corrected chi connectivity index (χ0v) is 15.9. The lowest BCUT2D eigenvalue weighted by Crippen LogP contribution is -2.23. The molecule has 3 nitrogen and oxygen atoms in total. The predicted molar refractivity (Wildman–Crippen MR) is 105 cm³/mol. The van der Waals surface area contributed by atoms with Crippen molar-refractivity contribution in [1.82, 2.24) is 4.98 Å². The second-order valence-corrected chi connectivity index (χ2v) is 7.37. The van der Waals surface area contributed by atoms with Crippen LogP contribution in [0.25, 0.3) is 10.8 Å². The van der Waals surface area contributed by atoms with Gasteiger partial charge in [0.05, 0.1) is 18.2 Å². The molecular formula is C22H21ClFNO2. The predicted octanol–water partition coefficient (Wildman–Crippen LogP) is 6.14. The maximum absolute atomic E-state index is 13.1. The van der Waals surface area contributed by atoms with Gasteiger partial charge in [-0.1, -0.05) is 23.7 Å². The number of ether oxygens (including phenoxy) is 2. The minimum absolute atomic E-state index is 0.139. The summed E-state index contributed by atoms with van der Waals surface area (Å²) in [5, 5.41) is 2.42. The van der Waals surface area contributed by atoms with Crippen LogP contribution >= 0.6 is 11.6 Å². The Bertz CT molecular complexity index is 937. The summed E-state index contributed by atoms with van der Waals surface area (Å²) in [5.41, 5.74) is 1.21. The fourth-order valence-corrected chi connectivity index (χ4v) is 4.04. The maximum atomic E-state index is 13.1. The van der Waals surface area contributed by atoms with Crippen molar-refractivity contribution < 1.29 is 13.9 Å². The Morgan fingerprint density at radius 1 is 1.04 bits per heavy atom. The van der Waals surface area contributed by atoms with Gasteiger partial charge in [-0.3, -0.25) is 0 Å². The van der Waals surface area contributed by atoms with E-state index in [-0.39, 0.29) is 11.9 Å². The van der Waals surface area contributed by atoms with E-state index in [0.29, 0.717) is 22.6 Å². The van der Waals surface area contributed by atoms with Crippen LogP contribution in [0, 0.1) is 5.82 Å². The van der Waals surface area contributed by atoms with E-state index in [1.54, 1.807) is 13.3 Å². The molecule has 0 N–H and O–H groups in total. The number of nitrogens with zero attached hydrogens (tertiary/aromatic N) is 1. The molecule has 1 aliphatic carbocycles. The first kappa shape index (κ1) is 18.1. The summed E-state index contributed by atoms with van der Waals surface area (Å²) in [5.74, 6) is 1.53. The zero-order valence-electron chi connectivity index (χ0n) is 15.1. The number of hydrogen-bond acceptors (Lipinski definition) is 3. The van der Waals surface area contributed by atoms with Gasteiger partial charge >= 0.3 is 0 Å². The molecule has 0 saturated heterocycles. The number of pyridine rings is 1. The zero-order chi connectivity index (χ0) is 18.8. The first-order valence-corrected chi connectivity index (χ1v) is 9.56. The highest BCUT2D eigenvalue weighted by atomic mass is 35.5. The number of aromatic nitrogens is 1. The van der Waals surface area contributed by atoms with Crippen molar-refractivity contribution in [2.45, 2.75) is 37.7 Å². The van der Waals surface area contributed by atoms with Crippen molar-refractivity contribution in [3.8, 4) is 11.6 Å². The SMILES string of the molecule is COc1nccc2cc(OC3CCC(c4ccc(F)cc4)CC3)c(Cl)cc12. The van der Waals surface area contributed by atoms with Gasteiger partial charge in [-0.15, -0.1) is 0 Å². The summed E-state index contributed by atoms with van der Waals surface area (Å²) in [6.45, 7) is 0. The second-order valence-electron chi connectivity index (χ2n) is 6.97. The Morgan fingerprint density at radius 3 is 2.48 bits per heavy atom. The standard InChI is InChI=1S/C22H21ClFNO2/c1-26-22-19-13-20(23)21(12-16(19)10-11-25-22)27-18-8-4-15(5-9-18)14-2-6-17(24)7-3-14/h2-3,6-7,10-13,15,18H,4-5,8-9H2,1H3. The monoisotopic (exact) mass is 385 g/mol. The van der Waals surface area contributed by atoms with Crippen LogP contribution < -0.4 is 9.47 Å². The minimum atomic E-state index is -0.187. The molecule has 0 aliphatic heterocycles. The van der Waals surface area contributed by atoms with Crippen LogP contribution in [0.4, 0.5) is 4.39 Å². The van der Waals surface area contributed by atoms with Gasteiger partial charge in [0.25, 0.3) is 0 Å². The Balaban J connectivity index is 1.46. The molecule has 1 fully saturated rings. The van der Waals surface area contributed by atoms with Crippen molar-refractivity contribution in [2.75, 3.05) is 7.11 Å². The van der Waals surface area contributed by atoms with Crippen LogP contribution in [0.2, 0.25) is 5.02 Å².